The van der Waals surface area contributed by atoms with Gasteiger partial charge in [0.15, 0.2) is 4.96 Å². The number of thiazole rings is 1. The van der Waals surface area contributed by atoms with Crippen LogP contribution in [0.5, 0.6) is 0 Å². The predicted octanol–water partition coefficient (Wildman–Crippen LogP) is 4.42. The quantitative estimate of drug-likeness (QED) is 0.579. The third-order valence-electron chi connectivity index (χ3n) is 5.16. The molecule has 1 atom stereocenters. The van der Waals surface area contributed by atoms with Gasteiger partial charge in [-0.05, 0) is 25.0 Å². The summed E-state index contributed by atoms with van der Waals surface area (Å²) >= 11 is 7.61. The van der Waals surface area contributed by atoms with Crippen LogP contribution in [0.25, 0.3) is 16.2 Å². The van der Waals surface area contributed by atoms with E-state index in [0.29, 0.717) is 18.1 Å². The average Bonchev–Trinajstić information content (AvgIpc) is 3.43. The van der Waals surface area contributed by atoms with E-state index in [1.54, 1.807) is 30.3 Å². The first-order chi connectivity index (χ1) is 14.0. The molecule has 3 heterocycles. The monoisotopic (exact) mass is 432 g/mol. The van der Waals surface area contributed by atoms with Gasteiger partial charge in [0.05, 0.1) is 11.8 Å². The van der Waals surface area contributed by atoms with Crippen molar-refractivity contribution in [3.8, 4) is 11.3 Å². The normalized spacial score (nSPS) is 16.4. The lowest BCUT2D eigenvalue weighted by Crippen LogP contribution is -2.44. The molecule has 8 heteroatoms. The van der Waals surface area contributed by atoms with Gasteiger partial charge in [-0.3, -0.25) is 4.40 Å². The van der Waals surface area contributed by atoms with Crippen molar-refractivity contribution < 1.29 is 9.53 Å². The number of rotatable bonds is 6. The van der Waals surface area contributed by atoms with Crippen LogP contribution in [0.15, 0.2) is 35.8 Å². The first-order valence-corrected chi connectivity index (χ1v) is 11.1. The van der Waals surface area contributed by atoms with E-state index >= 15 is 0 Å². The SMILES string of the molecule is CN(C)C(=O)N(CCc1csc2nc(-c3ccc(Cl)cc3)cn12)CC1CCCO1. The highest BCUT2D eigenvalue weighted by atomic mass is 35.5. The summed E-state index contributed by atoms with van der Waals surface area (Å²) in [5.74, 6) is 0. The Morgan fingerprint density at radius 1 is 1.34 bits per heavy atom. The molecule has 1 fully saturated rings. The first kappa shape index (κ1) is 20.2. The van der Waals surface area contributed by atoms with Crippen molar-refractivity contribution in [3.05, 3.63) is 46.6 Å². The van der Waals surface area contributed by atoms with E-state index in [1.807, 2.05) is 29.2 Å². The van der Waals surface area contributed by atoms with Crippen molar-refractivity contribution in [1.29, 1.82) is 0 Å². The molecule has 29 heavy (non-hydrogen) atoms. The zero-order valence-electron chi connectivity index (χ0n) is 16.7. The number of imidazole rings is 1. The second-order valence-corrected chi connectivity index (χ2v) is 8.79. The Morgan fingerprint density at radius 3 is 2.83 bits per heavy atom. The van der Waals surface area contributed by atoms with Gasteiger partial charge in [-0.15, -0.1) is 11.3 Å². The largest absolute Gasteiger partial charge is 0.376 e. The number of urea groups is 1. The van der Waals surface area contributed by atoms with Crippen molar-refractivity contribution in [1.82, 2.24) is 19.2 Å². The maximum atomic E-state index is 12.6. The number of carbonyl (C=O) groups is 1. The van der Waals surface area contributed by atoms with Gasteiger partial charge in [0.1, 0.15) is 0 Å². The molecule has 2 aromatic heterocycles. The van der Waals surface area contributed by atoms with E-state index < -0.39 is 0 Å². The van der Waals surface area contributed by atoms with Crippen LogP contribution in [0.2, 0.25) is 5.02 Å². The number of benzene rings is 1. The number of fused-ring (bicyclic) bond motifs is 1. The standard InChI is InChI=1S/C21H25ClN4O2S/c1-24(2)21(27)25(12-18-4-3-11-28-18)10-9-17-14-29-20-23-19(13-26(17)20)15-5-7-16(22)8-6-15/h5-8,13-14,18H,3-4,9-12H2,1-2H3. The molecule has 1 aliphatic heterocycles. The van der Waals surface area contributed by atoms with Gasteiger partial charge in [0, 0.05) is 68.1 Å². The van der Waals surface area contributed by atoms with Crippen molar-refractivity contribution in [2.75, 3.05) is 33.8 Å². The third-order valence-corrected chi connectivity index (χ3v) is 6.30. The zero-order valence-corrected chi connectivity index (χ0v) is 18.2. The second kappa shape index (κ2) is 8.73. The van der Waals surface area contributed by atoms with Crippen molar-refractivity contribution in [3.63, 3.8) is 0 Å². The number of hydrogen-bond acceptors (Lipinski definition) is 4. The van der Waals surface area contributed by atoms with Crippen LogP contribution in [0, 0.1) is 0 Å². The molecular formula is C21H25ClN4O2S. The average molecular weight is 433 g/mol. The summed E-state index contributed by atoms with van der Waals surface area (Å²) in [5, 5.41) is 2.84. The number of ether oxygens (including phenoxy) is 1. The van der Waals surface area contributed by atoms with Crippen molar-refractivity contribution >= 4 is 33.9 Å². The molecule has 1 aromatic carbocycles. The van der Waals surface area contributed by atoms with Gasteiger partial charge < -0.3 is 14.5 Å². The molecule has 1 unspecified atom stereocenters. The molecule has 4 rings (SSSR count). The molecule has 6 nitrogen and oxygen atoms in total. The van der Waals surface area contributed by atoms with Crippen LogP contribution in [0.1, 0.15) is 18.5 Å². The lowest BCUT2D eigenvalue weighted by molar-refractivity contribution is 0.0765. The summed E-state index contributed by atoms with van der Waals surface area (Å²) in [7, 11) is 3.59. The number of nitrogens with zero attached hydrogens (tertiary/aromatic N) is 4. The van der Waals surface area contributed by atoms with E-state index in [0.717, 1.165) is 47.8 Å². The molecule has 1 aliphatic rings. The summed E-state index contributed by atoms with van der Waals surface area (Å²) in [6.07, 6.45) is 5.06. The molecule has 0 radical (unpaired) electrons. The van der Waals surface area contributed by atoms with E-state index in [4.69, 9.17) is 21.3 Å². The highest BCUT2D eigenvalue weighted by molar-refractivity contribution is 7.15. The Hall–Kier alpha value is -2.09. The molecule has 1 saturated heterocycles. The summed E-state index contributed by atoms with van der Waals surface area (Å²) in [4.78, 5) is 21.9. The van der Waals surface area contributed by atoms with Crippen LogP contribution in [-0.4, -0.2) is 65.1 Å². The van der Waals surface area contributed by atoms with Crippen molar-refractivity contribution in [2.24, 2.45) is 0 Å². The third kappa shape index (κ3) is 4.57. The molecule has 3 aromatic rings. The number of amides is 2. The maximum absolute atomic E-state index is 12.6. The summed E-state index contributed by atoms with van der Waals surface area (Å²) < 4.78 is 7.87. The van der Waals surface area contributed by atoms with E-state index in [9.17, 15) is 4.79 Å². The van der Waals surface area contributed by atoms with E-state index in [1.165, 1.54) is 0 Å². The Kier molecular flexibility index (Phi) is 6.08. The topological polar surface area (TPSA) is 50.1 Å². The number of carbonyl (C=O) groups excluding carboxylic acids is 1. The molecule has 0 saturated carbocycles. The van der Waals surface area contributed by atoms with Gasteiger partial charge >= 0.3 is 6.03 Å². The Balaban J connectivity index is 1.49. The smallest absolute Gasteiger partial charge is 0.319 e. The fourth-order valence-corrected chi connectivity index (χ4v) is 4.63. The van der Waals surface area contributed by atoms with Gasteiger partial charge in [-0.2, -0.15) is 0 Å². The van der Waals surface area contributed by atoms with E-state index in [-0.39, 0.29) is 12.1 Å². The van der Waals surface area contributed by atoms with Gasteiger partial charge in [0.2, 0.25) is 0 Å². The lowest BCUT2D eigenvalue weighted by Gasteiger charge is -2.28. The molecule has 0 N–H and O–H groups in total. The molecule has 0 aliphatic carbocycles. The first-order valence-electron chi connectivity index (χ1n) is 9.80. The second-order valence-electron chi connectivity index (χ2n) is 7.52. The Labute approximate surface area is 179 Å². The lowest BCUT2D eigenvalue weighted by atomic mass is 10.2. The molecular weight excluding hydrogens is 408 g/mol. The Bertz CT molecular complexity index is 976. The zero-order chi connectivity index (χ0) is 20.4. The summed E-state index contributed by atoms with van der Waals surface area (Å²) in [6.45, 7) is 2.09. The van der Waals surface area contributed by atoms with Crippen LogP contribution in [0.4, 0.5) is 4.79 Å². The summed E-state index contributed by atoms with van der Waals surface area (Å²) in [5.41, 5.74) is 3.12. The Morgan fingerprint density at radius 2 is 2.14 bits per heavy atom. The fourth-order valence-electron chi connectivity index (χ4n) is 3.60. The van der Waals surface area contributed by atoms with Gasteiger partial charge in [-0.25, -0.2) is 9.78 Å². The van der Waals surface area contributed by atoms with Crippen molar-refractivity contribution in [2.45, 2.75) is 25.4 Å². The molecule has 0 spiro atoms. The number of hydrogen-bond donors (Lipinski definition) is 0. The minimum atomic E-state index is 0.0273. The summed E-state index contributed by atoms with van der Waals surface area (Å²) in [6, 6.07) is 7.74. The minimum absolute atomic E-state index is 0.0273. The van der Waals surface area contributed by atoms with E-state index in [2.05, 4.69) is 16.0 Å². The maximum Gasteiger partial charge on any atom is 0.319 e. The highest BCUT2D eigenvalue weighted by Gasteiger charge is 2.24. The number of halogens is 1. The molecule has 154 valence electrons. The predicted molar refractivity (Wildman–Crippen MR) is 117 cm³/mol. The minimum Gasteiger partial charge on any atom is -0.376 e. The van der Waals surface area contributed by atoms with Crippen LogP contribution in [0.3, 0.4) is 0 Å². The van der Waals surface area contributed by atoms with Gasteiger partial charge in [0.25, 0.3) is 0 Å². The van der Waals surface area contributed by atoms with Crippen LogP contribution < -0.4 is 0 Å². The fraction of sp³-hybridized carbons (Fsp3) is 0.429. The van der Waals surface area contributed by atoms with Gasteiger partial charge in [-0.1, -0.05) is 23.7 Å². The van der Waals surface area contributed by atoms with Crippen LogP contribution >= 0.6 is 22.9 Å². The highest BCUT2D eigenvalue weighted by Crippen LogP contribution is 2.25. The molecule has 2 amide bonds. The number of aromatic nitrogens is 2. The van der Waals surface area contributed by atoms with Crippen LogP contribution in [-0.2, 0) is 11.2 Å². The molecule has 0 bridgehead atoms.